The van der Waals surface area contributed by atoms with Crippen molar-refractivity contribution in [3.05, 3.63) is 58.9 Å². The number of piperazine rings is 1. The average Bonchev–Trinajstić information content (AvgIpc) is 3.17. The second kappa shape index (κ2) is 7.51. The lowest BCUT2D eigenvalue weighted by molar-refractivity contribution is 0.189. The van der Waals surface area contributed by atoms with Crippen LogP contribution in [-0.2, 0) is 0 Å². The first-order valence-corrected chi connectivity index (χ1v) is 10.0. The zero-order valence-electron chi connectivity index (χ0n) is 16.8. The summed E-state index contributed by atoms with van der Waals surface area (Å²) in [6.07, 6.45) is 5.46. The van der Waals surface area contributed by atoms with E-state index >= 15 is 0 Å². The number of aliphatic hydroxyl groups is 1. The van der Waals surface area contributed by atoms with Gasteiger partial charge in [-0.15, -0.1) is 0 Å². The van der Waals surface area contributed by atoms with Crippen molar-refractivity contribution in [1.29, 1.82) is 0 Å². The van der Waals surface area contributed by atoms with E-state index in [0.717, 1.165) is 43.1 Å². The molecule has 0 bridgehead atoms. The lowest BCUT2D eigenvalue weighted by Crippen LogP contribution is -2.47. The van der Waals surface area contributed by atoms with Crippen LogP contribution in [0.25, 0.3) is 22.6 Å². The fourth-order valence-electron chi connectivity index (χ4n) is 3.89. The fourth-order valence-corrected chi connectivity index (χ4v) is 3.89. The molecule has 1 fully saturated rings. The molecular weight excluding hydrogens is 382 g/mol. The molecule has 5 rings (SSSR count). The zero-order chi connectivity index (χ0) is 20.7. The standard InChI is InChI=1S/C21H23N7O2/c1-15-13-28-17(12-22-15)10-19(24-28)18-11-21(30)27-14-16(2-3-20(27)23-18)26-6-4-25(5-7-26)8-9-29/h2-3,10-14,29H,4-9H2,1H3. The third kappa shape index (κ3) is 3.42. The van der Waals surface area contributed by atoms with Crippen molar-refractivity contribution in [2.75, 3.05) is 44.2 Å². The van der Waals surface area contributed by atoms with Gasteiger partial charge in [0.1, 0.15) is 11.3 Å². The van der Waals surface area contributed by atoms with E-state index in [1.807, 2.05) is 37.5 Å². The molecule has 1 aliphatic heterocycles. The predicted molar refractivity (Wildman–Crippen MR) is 114 cm³/mol. The van der Waals surface area contributed by atoms with Crippen LogP contribution in [0.2, 0.25) is 0 Å². The number of hydrogen-bond donors (Lipinski definition) is 1. The van der Waals surface area contributed by atoms with E-state index in [4.69, 9.17) is 5.11 Å². The molecule has 0 atom stereocenters. The number of fused-ring (bicyclic) bond motifs is 2. The van der Waals surface area contributed by atoms with Gasteiger partial charge < -0.3 is 10.0 Å². The zero-order valence-corrected chi connectivity index (χ0v) is 16.8. The predicted octanol–water partition coefficient (Wildman–Crippen LogP) is 0.827. The summed E-state index contributed by atoms with van der Waals surface area (Å²) in [5.41, 5.74) is 4.37. The van der Waals surface area contributed by atoms with E-state index in [1.54, 1.807) is 15.1 Å². The van der Waals surface area contributed by atoms with Crippen LogP contribution in [0.1, 0.15) is 5.69 Å². The van der Waals surface area contributed by atoms with Gasteiger partial charge in [-0.25, -0.2) is 9.50 Å². The lowest BCUT2D eigenvalue weighted by Gasteiger charge is -2.35. The number of aryl methyl sites for hydroxylation is 1. The molecule has 1 saturated heterocycles. The van der Waals surface area contributed by atoms with Crippen molar-refractivity contribution in [1.82, 2.24) is 28.9 Å². The molecule has 154 valence electrons. The summed E-state index contributed by atoms with van der Waals surface area (Å²) in [6, 6.07) is 7.29. The van der Waals surface area contributed by atoms with Crippen LogP contribution in [0.4, 0.5) is 5.69 Å². The summed E-state index contributed by atoms with van der Waals surface area (Å²) < 4.78 is 3.33. The van der Waals surface area contributed by atoms with E-state index in [0.29, 0.717) is 23.6 Å². The minimum Gasteiger partial charge on any atom is -0.395 e. The van der Waals surface area contributed by atoms with Gasteiger partial charge in [-0.05, 0) is 25.1 Å². The summed E-state index contributed by atoms with van der Waals surface area (Å²) in [7, 11) is 0. The maximum atomic E-state index is 12.8. The third-order valence-electron chi connectivity index (χ3n) is 5.53. The summed E-state index contributed by atoms with van der Waals surface area (Å²) in [5.74, 6) is 0. The number of nitrogens with zero attached hydrogens (tertiary/aromatic N) is 7. The van der Waals surface area contributed by atoms with Gasteiger partial charge in [0.05, 0.1) is 41.6 Å². The van der Waals surface area contributed by atoms with Crippen molar-refractivity contribution in [2.45, 2.75) is 6.92 Å². The van der Waals surface area contributed by atoms with E-state index in [2.05, 4.69) is 24.9 Å². The fraction of sp³-hybridized carbons (Fsp3) is 0.333. The topological polar surface area (TPSA) is 91.3 Å². The van der Waals surface area contributed by atoms with Crippen molar-refractivity contribution >= 4 is 16.9 Å². The van der Waals surface area contributed by atoms with Gasteiger partial charge in [-0.1, -0.05) is 0 Å². The molecule has 1 N–H and O–H groups in total. The van der Waals surface area contributed by atoms with E-state index in [9.17, 15) is 4.79 Å². The molecule has 5 heterocycles. The molecular formula is C21H23N7O2. The number of anilines is 1. The van der Waals surface area contributed by atoms with Crippen LogP contribution >= 0.6 is 0 Å². The first kappa shape index (κ1) is 18.7. The SMILES string of the molecule is Cc1cn2nc(-c3cc(=O)n4cc(N5CCN(CCO)CC5)ccc4n3)cc2cn1. The van der Waals surface area contributed by atoms with Crippen LogP contribution in [0.15, 0.2) is 47.7 Å². The summed E-state index contributed by atoms with van der Waals surface area (Å²) in [6.45, 7) is 6.31. The maximum Gasteiger partial charge on any atom is 0.258 e. The normalized spacial score (nSPS) is 15.3. The molecule has 1 aliphatic rings. The van der Waals surface area contributed by atoms with Crippen molar-refractivity contribution < 1.29 is 5.11 Å². The number of rotatable bonds is 4. The third-order valence-corrected chi connectivity index (χ3v) is 5.53. The molecule has 0 unspecified atom stereocenters. The Labute approximate surface area is 172 Å². The molecule has 4 aromatic heterocycles. The minimum atomic E-state index is -0.137. The molecule has 0 amide bonds. The monoisotopic (exact) mass is 405 g/mol. The van der Waals surface area contributed by atoms with E-state index in [1.165, 1.54) is 6.07 Å². The molecule has 9 nitrogen and oxygen atoms in total. The molecule has 0 saturated carbocycles. The van der Waals surface area contributed by atoms with Gasteiger partial charge in [0, 0.05) is 45.0 Å². The Balaban J connectivity index is 1.46. The smallest absolute Gasteiger partial charge is 0.258 e. The molecule has 0 radical (unpaired) electrons. The van der Waals surface area contributed by atoms with Crippen molar-refractivity contribution in [2.24, 2.45) is 0 Å². The number of hydrogen-bond acceptors (Lipinski definition) is 7. The number of aliphatic hydroxyl groups excluding tert-OH is 1. The molecule has 0 spiro atoms. The Morgan fingerprint density at radius 2 is 1.90 bits per heavy atom. The van der Waals surface area contributed by atoms with Gasteiger partial charge >= 0.3 is 0 Å². The highest BCUT2D eigenvalue weighted by atomic mass is 16.3. The van der Waals surface area contributed by atoms with Gasteiger partial charge in [-0.2, -0.15) is 5.10 Å². The molecule has 30 heavy (non-hydrogen) atoms. The summed E-state index contributed by atoms with van der Waals surface area (Å²) >= 11 is 0. The Kier molecular flexibility index (Phi) is 4.68. The van der Waals surface area contributed by atoms with Crippen molar-refractivity contribution in [3.8, 4) is 11.4 Å². The number of β-amino-alcohol motifs (C(OH)–C–C–N with tert-alkyl or cyclic N) is 1. The maximum absolute atomic E-state index is 12.8. The molecule has 0 aliphatic carbocycles. The second-order valence-electron chi connectivity index (χ2n) is 7.58. The molecule has 4 aromatic rings. The van der Waals surface area contributed by atoms with Crippen LogP contribution in [0.5, 0.6) is 0 Å². The van der Waals surface area contributed by atoms with Crippen molar-refractivity contribution in [3.63, 3.8) is 0 Å². The Bertz CT molecular complexity index is 1270. The molecule has 0 aromatic carbocycles. The van der Waals surface area contributed by atoms with Crippen LogP contribution < -0.4 is 10.5 Å². The van der Waals surface area contributed by atoms with E-state index in [-0.39, 0.29) is 12.2 Å². The highest BCUT2D eigenvalue weighted by Crippen LogP contribution is 2.20. The minimum absolute atomic E-state index is 0.137. The number of aromatic nitrogens is 5. The van der Waals surface area contributed by atoms with Crippen LogP contribution in [0.3, 0.4) is 0 Å². The largest absolute Gasteiger partial charge is 0.395 e. The average molecular weight is 405 g/mol. The Hall–Kier alpha value is -3.30. The van der Waals surface area contributed by atoms with Crippen LogP contribution in [0, 0.1) is 6.92 Å². The van der Waals surface area contributed by atoms with Gasteiger partial charge in [0.15, 0.2) is 0 Å². The highest BCUT2D eigenvalue weighted by molar-refractivity contribution is 5.64. The van der Waals surface area contributed by atoms with Gasteiger partial charge in [-0.3, -0.25) is 19.1 Å². The first-order chi connectivity index (χ1) is 14.6. The first-order valence-electron chi connectivity index (χ1n) is 10.0. The second-order valence-corrected chi connectivity index (χ2v) is 7.58. The van der Waals surface area contributed by atoms with Crippen LogP contribution in [-0.4, -0.2) is 73.3 Å². The highest BCUT2D eigenvalue weighted by Gasteiger charge is 2.17. The summed E-state index contributed by atoms with van der Waals surface area (Å²) in [4.78, 5) is 26.3. The van der Waals surface area contributed by atoms with Gasteiger partial charge in [0.2, 0.25) is 0 Å². The van der Waals surface area contributed by atoms with Gasteiger partial charge in [0.25, 0.3) is 5.56 Å². The molecule has 9 heteroatoms. The summed E-state index contributed by atoms with van der Waals surface area (Å²) in [5, 5.41) is 13.6. The lowest BCUT2D eigenvalue weighted by atomic mass is 10.2. The number of pyridine rings is 1. The quantitative estimate of drug-likeness (QED) is 0.538. The van der Waals surface area contributed by atoms with E-state index < -0.39 is 0 Å². The Morgan fingerprint density at radius 1 is 1.07 bits per heavy atom. The Morgan fingerprint density at radius 3 is 2.70 bits per heavy atom.